The maximum Gasteiger partial charge on any atom is 0.275 e. The molecule has 0 unspecified atom stereocenters. The summed E-state index contributed by atoms with van der Waals surface area (Å²) in [6.45, 7) is 0.706. The summed E-state index contributed by atoms with van der Waals surface area (Å²) in [6.07, 6.45) is 4.17. The summed E-state index contributed by atoms with van der Waals surface area (Å²) in [6, 6.07) is 7.82. The number of nitrogens with one attached hydrogen (secondary N) is 1. The molecule has 1 saturated carbocycles. The maximum atomic E-state index is 14.0. The number of pyridine rings is 1. The van der Waals surface area contributed by atoms with E-state index in [9.17, 15) is 22.0 Å². The highest BCUT2D eigenvalue weighted by atomic mass is 35.5. The number of carbonyl (C=O) groups is 1. The third-order valence-electron chi connectivity index (χ3n) is 4.55. The molecule has 0 saturated heterocycles. The Morgan fingerprint density at radius 3 is 2.45 bits per heavy atom. The second-order valence-electron chi connectivity index (χ2n) is 7.49. The van der Waals surface area contributed by atoms with Gasteiger partial charge in [-0.05, 0) is 55.2 Å². The van der Waals surface area contributed by atoms with Crippen LogP contribution in [0.3, 0.4) is 0 Å². The van der Waals surface area contributed by atoms with Gasteiger partial charge in [0.1, 0.15) is 11.4 Å². The van der Waals surface area contributed by atoms with Crippen LogP contribution in [0.1, 0.15) is 35.8 Å². The third kappa shape index (κ3) is 6.73. The number of hydrogen-bond acceptors (Lipinski definition) is 5. The van der Waals surface area contributed by atoms with Crippen LogP contribution in [0.2, 0.25) is 5.02 Å². The predicted molar refractivity (Wildman–Crippen MR) is 113 cm³/mol. The van der Waals surface area contributed by atoms with Crippen molar-refractivity contribution in [1.82, 2.24) is 10.3 Å². The number of aromatic nitrogens is 1. The van der Waals surface area contributed by atoms with Crippen LogP contribution in [0.25, 0.3) is 0 Å². The van der Waals surface area contributed by atoms with Crippen LogP contribution in [0.5, 0.6) is 11.6 Å². The van der Waals surface area contributed by atoms with Crippen LogP contribution in [0.15, 0.2) is 47.9 Å². The van der Waals surface area contributed by atoms with Gasteiger partial charge in [0.25, 0.3) is 11.8 Å². The molecule has 0 radical (unpaired) electrons. The van der Waals surface area contributed by atoms with Crippen LogP contribution < -0.4 is 10.1 Å². The SMILES string of the molecule is CC(F)(F)c1ccc(C(=O)N[C@H](/C=C/S(C)(=O)=O)C2CC2)nc1Oc1ccc(Cl)cc1. The Hall–Kier alpha value is -2.52. The number of sulfone groups is 1. The lowest BCUT2D eigenvalue weighted by Gasteiger charge is -2.18. The molecule has 6 nitrogen and oxygen atoms in total. The van der Waals surface area contributed by atoms with E-state index in [0.29, 0.717) is 11.9 Å². The van der Waals surface area contributed by atoms with Crippen molar-refractivity contribution in [3.8, 4) is 11.6 Å². The minimum absolute atomic E-state index is 0.117. The van der Waals surface area contributed by atoms with E-state index >= 15 is 0 Å². The van der Waals surface area contributed by atoms with E-state index < -0.39 is 39.2 Å². The van der Waals surface area contributed by atoms with Gasteiger partial charge in [0.15, 0.2) is 9.84 Å². The predicted octanol–water partition coefficient (Wildman–Crippen LogP) is 4.71. The molecule has 31 heavy (non-hydrogen) atoms. The number of nitrogens with zero attached hydrogens (tertiary/aromatic N) is 1. The summed E-state index contributed by atoms with van der Waals surface area (Å²) in [5.74, 6) is -3.93. The van der Waals surface area contributed by atoms with Crippen LogP contribution in [0, 0.1) is 5.92 Å². The quantitative estimate of drug-likeness (QED) is 0.604. The monoisotopic (exact) mass is 470 g/mol. The van der Waals surface area contributed by atoms with Gasteiger partial charge in [-0.25, -0.2) is 22.2 Å². The molecular weight excluding hydrogens is 450 g/mol. The summed E-state index contributed by atoms with van der Waals surface area (Å²) in [5, 5.41) is 4.20. The molecule has 1 atom stereocenters. The highest BCUT2D eigenvalue weighted by molar-refractivity contribution is 7.93. The van der Waals surface area contributed by atoms with E-state index in [4.69, 9.17) is 16.3 Å². The van der Waals surface area contributed by atoms with Crippen molar-refractivity contribution in [3.63, 3.8) is 0 Å². The Morgan fingerprint density at radius 1 is 1.26 bits per heavy atom. The number of alkyl halides is 2. The largest absolute Gasteiger partial charge is 0.438 e. The number of carbonyl (C=O) groups excluding carboxylic acids is 1. The van der Waals surface area contributed by atoms with E-state index in [1.807, 2.05) is 0 Å². The van der Waals surface area contributed by atoms with Crippen LogP contribution in [0.4, 0.5) is 8.78 Å². The molecule has 2 aromatic rings. The Labute approximate surface area is 184 Å². The standard InChI is InChI=1S/C21H21ClF2N2O4S/c1-21(23,24)16-9-10-18(26-20(16)30-15-7-5-14(22)6-8-15)19(27)25-17(13-3-4-13)11-12-31(2,28)29/h5-13,17H,3-4H2,1-2H3,(H,25,27)/b12-11+/t17-/m1/s1. The molecule has 1 amide bonds. The van der Waals surface area contributed by atoms with Crippen molar-refractivity contribution < 1.29 is 26.7 Å². The zero-order valence-corrected chi connectivity index (χ0v) is 18.4. The van der Waals surface area contributed by atoms with E-state index in [-0.39, 0.29) is 17.4 Å². The fraction of sp³-hybridized carbons (Fsp3) is 0.333. The minimum Gasteiger partial charge on any atom is -0.438 e. The van der Waals surface area contributed by atoms with Crippen molar-refractivity contribution in [3.05, 3.63) is 64.2 Å². The van der Waals surface area contributed by atoms with Crippen molar-refractivity contribution in [2.45, 2.75) is 31.7 Å². The normalized spacial score (nSPS) is 15.6. The average molecular weight is 471 g/mol. The molecule has 1 aromatic heterocycles. The lowest BCUT2D eigenvalue weighted by atomic mass is 10.1. The first kappa shape index (κ1) is 23.1. The second kappa shape index (κ2) is 8.92. The topological polar surface area (TPSA) is 85.4 Å². The zero-order valence-electron chi connectivity index (χ0n) is 16.8. The molecule has 3 rings (SSSR count). The number of hydrogen-bond donors (Lipinski definition) is 1. The van der Waals surface area contributed by atoms with Crippen molar-refractivity contribution >= 4 is 27.3 Å². The van der Waals surface area contributed by atoms with Gasteiger partial charge in [-0.3, -0.25) is 4.79 Å². The number of benzene rings is 1. The van der Waals surface area contributed by atoms with Gasteiger partial charge in [0, 0.05) is 23.6 Å². The Kier molecular flexibility index (Phi) is 6.66. The summed E-state index contributed by atoms with van der Waals surface area (Å²) in [7, 11) is -3.35. The molecule has 1 aliphatic carbocycles. The molecule has 10 heteroatoms. The Bertz CT molecular complexity index is 1100. The third-order valence-corrected chi connectivity index (χ3v) is 5.46. The molecule has 0 spiro atoms. The second-order valence-corrected chi connectivity index (χ2v) is 9.86. The fourth-order valence-electron chi connectivity index (χ4n) is 2.82. The first-order chi connectivity index (χ1) is 14.4. The molecular formula is C21H21ClF2N2O4S. The van der Waals surface area contributed by atoms with Gasteiger partial charge in [0.05, 0.1) is 11.6 Å². The minimum atomic E-state index is -3.35. The number of halogens is 3. The highest BCUT2D eigenvalue weighted by Crippen LogP contribution is 2.36. The summed E-state index contributed by atoms with van der Waals surface area (Å²) in [4.78, 5) is 16.7. The van der Waals surface area contributed by atoms with Crippen LogP contribution in [-0.4, -0.2) is 31.6 Å². The lowest BCUT2D eigenvalue weighted by Crippen LogP contribution is -2.35. The van der Waals surface area contributed by atoms with Gasteiger partial charge in [-0.1, -0.05) is 17.7 Å². The van der Waals surface area contributed by atoms with Crippen LogP contribution in [-0.2, 0) is 15.8 Å². The molecule has 0 bridgehead atoms. The van der Waals surface area contributed by atoms with Gasteiger partial charge in [-0.15, -0.1) is 0 Å². The molecule has 1 fully saturated rings. The molecule has 0 aliphatic heterocycles. The van der Waals surface area contributed by atoms with Gasteiger partial charge in [-0.2, -0.15) is 0 Å². The van der Waals surface area contributed by atoms with E-state index in [1.54, 1.807) is 0 Å². The van der Waals surface area contributed by atoms with Gasteiger partial charge < -0.3 is 10.1 Å². The maximum absolute atomic E-state index is 14.0. The lowest BCUT2D eigenvalue weighted by molar-refractivity contribution is 0.0149. The van der Waals surface area contributed by atoms with Gasteiger partial charge in [0.2, 0.25) is 5.88 Å². The zero-order chi connectivity index (χ0) is 22.8. The summed E-state index contributed by atoms with van der Waals surface area (Å²) < 4.78 is 56.4. The van der Waals surface area contributed by atoms with E-state index in [1.165, 1.54) is 36.4 Å². The van der Waals surface area contributed by atoms with Crippen molar-refractivity contribution in [1.29, 1.82) is 0 Å². The molecule has 1 aromatic carbocycles. The summed E-state index contributed by atoms with van der Waals surface area (Å²) in [5.41, 5.74) is -0.606. The molecule has 166 valence electrons. The Balaban J connectivity index is 1.87. The smallest absolute Gasteiger partial charge is 0.275 e. The van der Waals surface area contributed by atoms with Gasteiger partial charge >= 0.3 is 0 Å². The Morgan fingerprint density at radius 2 is 1.90 bits per heavy atom. The first-order valence-electron chi connectivity index (χ1n) is 9.44. The summed E-state index contributed by atoms with van der Waals surface area (Å²) >= 11 is 5.83. The average Bonchev–Trinajstić information content (AvgIpc) is 3.50. The molecule has 1 aliphatic rings. The van der Waals surface area contributed by atoms with Crippen LogP contribution >= 0.6 is 11.6 Å². The number of amides is 1. The number of ether oxygens (including phenoxy) is 1. The molecule has 1 N–H and O–H groups in total. The van der Waals surface area contributed by atoms with E-state index in [0.717, 1.165) is 30.6 Å². The molecule has 1 heterocycles. The highest BCUT2D eigenvalue weighted by Gasteiger charge is 2.33. The van der Waals surface area contributed by atoms with Crippen molar-refractivity contribution in [2.24, 2.45) is 5.92 Å². The fourth-order valence-corrected chi connectivity index (χ4v) is 3.40. The number of rotatable bonds is 8. The van der Waals surface area contributed by atoms with E-state index in [2.05, 4.69) is 10.3 Å². The van der Waals surface area contributed by atoms with Crippen molar-refractivity contribution in [2.75, 3.05) is 6.26 Å². The first-order valence-corrected chi connectivity index (χ1v) is 11.8.